The summed E-state index contributed by atoms with van der Waals surface area (Å²) in [7, 11) is 0. The van der Waals surface area contributed by atoms with Crippen LogP contribution in [0, 0.1) is 6.92 Å². The van der Waals surface area contributed by atoms with E-state index < -0.39 is 30.0 Å². The van der Waals surface area contributed by atoms with Crippen LogP contribution in [0.1, 0.15) is 40.7 Å². The molecule has 0 aromatic carbocycles. The Balaban J connectivity index is 2.10. The number of Topliss-reactive ketones (excluding diaryl/α,β-unsaturated/α-hetero) is 1. The number of halogens is 1. The molecule has 5 nitrogen and oxygen atoms in total. The van der Waals surface area contributed by atoms with E-state index in [-0.39, 0.29) is 23.5 Å². The van der Waals surface area contributed by atoms with E-state index in [2.05, 4.69) is 0 Å². The van der Waals surface area contributed by atoms with Crippen LogP contribution >= 0.6 is 11.3 Å². The molecule has 3 rings (SSSR count). The Morgan fingerprint density at radius 2 is 2.08 bits per heavy atom. The van der Waals surface area contributed by atoms with Gasteiger partial charge < -0.3 is 10.0 Å². The molecule has 0 fully saturated rings. The zero-order chi connectivity index (χ0) is 17.6. The molecule has 0 spiro atoms. The number of aliphatic carboxylic acids is 1. The molecule has 24 heavy (non-hydrogen) atoms. The fourth-order valence-electron chi connectivity index (χ4n) is 3.32. The Bertz CT molecular complexity index is 820. The molecular weight excluding hydrogens is 333 g/mol. The largest absolute Gasteiger partial charge is 0.481 e. The minimum Gasteiger partial charge on any atom is -0.481 e. The van der Waals surface area contributed by atoms with Gasteiger partial charge in [-0.15, -0.1) is 11.3 Å². The van der Waals surface area contributed by atoms with Gasteiger partial charge in [0.1, 0.15) is 0 Å². The van der Waals surface area contributed by atoms with Gasteiger partial charge in [0.15, 0.2) is 11.6 Å². The highest BCUT2D eigenvalue weighted by molar-refractivity contribution is 7.13. The molecule has 1 N–H and O–H groups in total. The number of rotatable bonds is 3. The quantitative estimate of drug-likeness (QED) is 0.909. The van der Waals surface area contributed by atoms with Gasteiger partial charge in [0.05, 0.1) is 17.3 Å². The molecule has 1 amide bonds. The number of carbonyl (C=O) groups is 3. The molecule has 126 valence electrons. The van der Waals surface area contributed by atoms with Crippen molar-refractivity contribution >= 4 is 29.0 Å². The Morgan fingerprint density at radius 3 is 2.67 bits per heavy atom. The first-order valence-electron chi connectivity index (χ1n) is 7.56. The Labute approximate surface area is 142 Å². The summed E-state index contributed by atoms with van der Waals surface area (Å²) in [6.45, 7) is 3.49. The van der Waals surface area contributed by atoms with Crippen molar-refractivity contribution in [1.82, 2.24) is 4.90 Å². The lowest BCUT2D eigenvalue weighted by Gasteiger charge is -2.29. The van der Waals surface area contributed by atoms with E-state index in [1.807, 2.05) is 13.0 Å². The number of fused-ring (bicyclic) bond motifs is 1. The number of hydrogen-bond acceptors (Lipinski definition) is 4. The molecule has 1 atom stereocenters. The average Bonchev–Trinajstić information content (AvgIpc) is 3.05. The van der Waals surface area contributed by atoms with E-state index in [1.165, 1.54) is 16.2 Å². The van der Waals surface area contributed by atoms with Crippen molar-refractivity contribution < 1.29 is 23.9 Å². The summed E-state index contributed by atoms with van der Waals surface area (Å²) < 4.78 is 14.4. The number of aryl methyl sites for hydroxylation is 1. The smallest absolute Gasteiger partial charge is 0.307 e. The van der Waals surface area contributed by atoms with Gasteiger partial charge >= 0.3 is 5.97 Å². The van der Waals surface area contributed by atoms with Crippen LogP contribution in [-0.2, 0) is 9.59 Å². The highest BCUT2D eigenvalue weighted by Crippen LogP contribution is 2.43. The molecule has 2 heterocycles. The predicted molar refractivity (Wildman–Crippen MR) is 86.3 cm³/mol. The van der Waals surface area contributed by atoms with Gasteiger partial charge in [-0.25, -0.2) is 4.39 Å². The van der Waals surface area contributed by atoms with Crippen LogP contribution in [0.2, 0.25) is 0 Å². The van der Waals surface area contributed by atoms with Gasteiger partial charge in [-0.3, -0.25) is 14.4 Å². The molecule has 0 saturated heterocycles. The SMILES string of the molecule is CC1=C(CC(=O)O)C2=C(F)C(=O)CCC2N1C(=O)c1ccc(C)s1. The Morgan fingerprint density at radius 1 is 1.38 bits per heavy atom. The van der Waals surface area contributed by atoms with E-state index in [9.17, 15) is 18.8 Å². The van der Waals surface area contributed by atoms with E-state index in [0.717, 1.165) is 4.88 Å². The van der Waals surface area contributed by atoms with Gasteiger partial charge in [-0.2, -0.15) is 0 Å². The molecule has 1 aliphatic carbocycles. The lowest BCUT2D eigenvalue weighted by molar-refractivity contribution is -0.136. The molecule has 1 aromatic rings. The second-order valence-corrected chi connectivity index (χ2v) is 7.21. The molecule has 0 saturated carbocycles. The number of carbonyl (C=O) groups excluding carboxylic acids is 2. The van der Waals surface area contributed by atoms with Crippen LogP contribution in [0.3, 0.4) is 0 Å². The van der Waals surface area contributed by atoms with Crippen LogP contribution in [0.25, 0.3) is 0 Å². The maximum atomic E-state index is 14.4. The molecule has 7 heteroatoms. The van der Waals surface area contributed by atoms with Gasteiger partial charge in [0.2, 0.25) is 0 Å². The average molecular weight is 349 g/mol. The molecule has 1 aromatic heterocycles. The third-order valence-electron chi connectivity index (χ3n) is 4.39. The number of carboxylic acid groups (broad SMARTS) is 1. The van der Waals surface area contributed by atoms with Crippen LogP contribution in [0.15, 0.2) is 34.8 Å². The standard InChI is InChI=1S/C17H16FNO4S/c1-8-3-6-13(24-8)17(23)19-9(2)10(7-14(21)22)15-11(19)4-5-12(20)16(15)18/h3,6,11H,4-5,7H2,1-2H3,(H,21,22). The first-order chi connectivity index (χ1) is 11.3. The van der Waals surface area contributed by atoms with Crippen LogP contribution in [0.4, 0.5) is 4.39 Å². The monoisotopic (exact) mass is 349 g/mol. The van der Waals surface area contributed by atoms with Crippen LogP contribution < -0.4 is 0 Å². The third kappa shape index (κ3) is 2.58. The molecule has 0 radical (unpaired) electrons. The van der Waals surface area contributed by atoms with Gasteiger partial charge in [-0.05, 0) is 38.0 Å². The lowest BCUT2D eigenvalue weighted by atomic mass is 9.88. The summed E-state index contributed by atoms with van der Waals surface area (Å²) in [5.74, 6) is -2.93. The maximum Gasteiger partial charge on any atom is 0.307 e. The number of nitrogens with zero attached hydrogens (tertiary/aromatic N) is 1. The van der Waals surface area contributed by atoms with Crippen molar-refractivity contribution in [3.8, 4) is 0 Å². The molecule has 0 bridgehead atoms. The first kappa shape index (κ1) is 16.6. The number of thiophene rings is 1. The first-order valence-corrected chi connectivity index (χ1v) is 8.37. The fourth-order valence-corrected chi connectivity index (χ4v) is 4.13. The van der Waals surface area contributed by atoms with Crippen molar-refractivity contribution in [2.75, 3.05) is 0 Å². The maximum absolute atomic E-state index is 14.4. The predicted octanol–water partition coefficient (Wildman–Crippen LogP) is 3.22. The van der Waals surface area contributed by atoms with E-state index >= 15 is 0 Å². The number of allylic oxidation sites excluding steroid dienone is 2. The summed E-state index contributed by atoms with van der Waals surface area (Å²) in [4.78, 5) is 38.7. The van der Waals surface area contributed by atoms with Gasteiger partial charge in [-0.1, -0.05) is 0 Å². The third-order valence-corrected chi connectivity index (χ3v) is 5.38. The second kappa shape index (κ2) is 5.98. The zero-order valence-corrected chi connectivity index (χ0v) is 14.1. The molecule has 2 aliphatic rings. The minimum atomic E-state index is -1.12. The van der Waals surface area contributed by atoms with E-state index in [0.29, 0.717) is 17.0 Å². The summed E-state index contributed by atoms with van der Waals surface area (Å²) in [6, 6.07) is 2.93. The Hall–Kier alpha value is -2.28. The van der Waals surface area contributed by atoms with Gasteiger partial charge in [0.25, 0.3) is 5.91 Å². The van der Waals surface area contributed by atoms with Crippen molar-refractivity contribution in [2.45, 2.75) is 39.2 Å². The van der Waals surface area contributed by atoms with E-state index in [1.54, 1.807) is 13.0 Å². The second-order valence-electron chi connectivity index (χ2n) is 5.93. The normalized spacial score (nSPS) is 20.7. The van der Waals surface area contributed by atoms with Crippen LogP contribution in [0.5, 0.6) is 0 Å². The number of hydrogen-bond donors (Lipinski definition) is 1. The zero-order valence-electron chi connectivity index (χ0n) is 13.3. The topological polar surface area (TPSA) is 74.7 Å². The minimum absolute atomic E-state index is 0.0148. The van der Waals surface area contributed by atoms with Crippen molar-refractivity contribution in [1.29, 1.82) is 0 Å². The van der Waals surface area contributed by atoms with Crippen molar-refractivity contribution in [3.63, 3.8) is 0 Å². The van der Waals surface area contributed by atoms with Crippen molar-refractivity contribution in [2.24, 2.45) is 0 Å². The molecule has 1 aliphatic heterocycles. The van der Waals surface area contributed by atoms with Gasteiger partial charge in [0, 0.05) is 22.6 Å². The summed E-state index contributed by atoms with van der Waals surface area (Å²) in [5, 5.41) is 9.11. The summed E-state index contributed by atoms with van der Waals surface area (Å²) in [5.41, 5.74) is 0.728. The molecule has 1 unspecified atom stereocenters. The molecular formula is C17H16FNO4S. The number of carboxylic acids is 1. The summed E-state index contributed by atoms with van der Waals surface area (Å²) in [6.07, 6.45) is -0.0926. The highest BCUT2D eigenvalue weighted by Gasteiger charge is 2.44. The number of amides is 1. The highest BCUT2D eigenvalue weighted by atomic mass is 32.1. The Kier molecular flexibility index (Phi) is 4.13. The van der Waals surface area contributed by atoms with Crippen LogP contribution in [-0.4, -0.2) is 33.7 Å². The fraction of sp³-hybridized carbons (Fsp3) is 0.353. The lowest BCUT2D eigenvalue weighted by Crippen LogP contribution is -2.38. The number of ketones is 1. The summed E-state index contributed by atoms with van der Waals surface area (Å²) >= 11 is 1.33. The van der Waals surface area contributed by atoms with E-state index in [4.69, 9.17) is 5.11 Å². The van der Waals surface area contributed by atoms with Crippen molar-refractivity contribution in [3.05, 3.63) is 44.6 Å².